The molecule has 142 valence electrons. The lowest BCUT2D eigenvalue weighted by molar-refractivity contribution is -0.121. The first kappa shape index (κ1) is 19.9. The number of alkyl halides is 2. The summed E-state index contributed by atoms with van der Waals surface area (Å²) in [6.45, 7) is 4.55. The zero-order valence-electron chi connectivity index (χ0n) is 15.3. The Morgan fingerprint density at radius 3 is 2.54 bits per heavy atom. The summed E-state index contributed by atoms with van der Waals surface area (Å²) in [6, 6.07) is 8.38. The molecule has 2 aromatic rings. The first-order valence-corrected chi connectivity index (χ1v) is 8.65. The quantitative estimate of drug-likeness (QED) is 0.740. The van der Waals surface area contributed by atoms with Crippen molar-refractivity contribution in [3.05, 3.63) is 47.3 Å². The molecule has 0 saturated carbocycles. The normalized spacial score (nSPS) is 12.2. The number of amides is 1. The van der Waals surface area contributed by atoms with Crippen molar-refractivity contribution >= 4 is 5.91 Å². The number of aromatic nitrogens is 2. The van der Waals surface area contributed by atoms with Gasteiger partial charge in [0.15, 0.2) is 0 Å². The van der Waals surface area contributed by atoms with E-state index in [1.165, 1.54) is 12.1 Å². The third-order valence-electron chi connectivity index (χ3n) is 4.02. The number of nitrogens with zero attached hydrogens (tertiary/aromatic N) is 2. The summed E-state index contributed by atoms with van der Waals surface area (Å²) in [6.07, 6.45) is 0.897. The molecule has 0 aliphatic heterocycles. The van der Waals surface area contributed by atoms with Gasteiger partial charge in [0.05, 0.1) is 5.69 Å². The molecule has 1 aromatic heterocycles. The third kappa shape index (κ3) is 6.46. The van der Waals surface area contributed by atoms with E-state index in [2.05, 4.69) is 22.1 Å². The van der Waals surface area contributed by atoms with Crippen molar-refractivity contribution in [1.29, 1.82) is 0 Å². The van der Waals surface area contributed by atoms with E-state index in [4.69, 9.17) is 0 Å². The molecule has 0 saturated heterocycles. The van der Waals surface area contributed by atoms with Crippen LogP contribution in [0.25, 0.3) is 0 Å². The smallest absolute Gasteiger partial charge is 0.387 e. The van der Waals surface area contributed by atoms with Crippen LogP contribution in [0.15, 0.2) is 30.3 Å². The molecular formula is C19H25F2N3O2. The predicted octanol–water partition coefficient (Wildman–Crippen LogP) is 3.49. The number of halogens is 2. The zero-order valence-corrected chi connectivity index (χ0v) is 15.3. The van der Waals surface area contributed by atoms with E-state index in [1.54, 1.807) is 12.1 Å². The molecule has 1 atom stereocenters. The van der Waals surface area contributed by atoms with Gasteiger partial charge in [0.25, 0.3) is 0 Å². The minimum atomic E-state index is -2.83. The van der Waals surface area contributed by atoms with Crippen molar-refractivity contribution in [2.45, 2.75) is 46.8 Å². The Balaban J connectivity index is 1.70. The van der Waals surface area contributed by atoms with Crippen molar-refractivity contribution in [3.63, 3.8) is 0 Å². The second-order valence-electron chi connectivity index (χ2n) is 6.54. The van der Waals surface area contributed by atoms with Crippen LogP contribution in [0, 0.1) is 19.8 Å². The van der Waals surface area contributed by atoms with Gasteiger partial charge in [0.1, 0.15) is 5.75 Å². The maximum Gasteiger partial charge on any atom is 0.387 e. The Kier molecular flexibility index (Phi) is 7.12. The highest BCUT2D eigenvalue weighted by Crippen LogP contribution is 2.15. The lowest BCUT2D eigenvalue weighted by atomic mass is 10.1. The van der Waals surface area contributed by atoms with Gasteiger partial charge in [0, 0.05) is 25.2 Å². The summed E-state index contributed by atoms with van der Waals surface area (Å²) >= 11 is 0. The van der Waals surface area contributed by atoms with Gasteiger partial charge in [0.2, 0.25) is 5.91 Å². The van der Waals surface area contributed by atoms with Crippen LogP contribution in [0.1, 0.15) is 30.3 Å². The topological polar surface area (TPSA) is 56.2 Å². The van der Waals surface area contributed by atoms with Crippen LogP contribution in [-0.2, 0) is 17.8 Å². The highest BCUT2D eigenvalue weighted by atomic mass is 19.3. The van der Waals surface area contributed by atoms with Crippen LogP contribution in [0.3, 0.4) is 0 Å². The molecule has 1 unspecified atom stereocenters. The molecule has 0 fully saturated rings. The van der Waals surface area contributed by atoms with Crippen LogP contribution >= 0.6 is 0 Å². The molecule has 2 rings (SSSR count). The fourth-order valence-corrected chi connectivity index (χ4v) is 2.69. The molecule has 0 aliphatic rings. The SMILES string of the molecule is Cc1cc(C)n(CC(C)CNC(=O)CCc2ccc(OC(F)F)cc2)n1. The number of rotatable bonds is 9. The lowest BCUT2D eigenvalue weighted by Crippen LogP contribution is -2.30. The van der Waals surface area contributed by atoms with Crippen LogP contribution in [0.4, 0.5) is 8.78 Å². The molecule has 0 bridgehead atoms. The number of carbonyl (C=O) groups is 1. The molecule has 1 amide bonds. The van der Waals surface area contributed by atoms with E-state index in [0.29, 0.717) is 19.4 Å². The number of carbonyl (C=O) groups excluding carboxylic acids is 1. The first-order chi connectivity index (χ1) is 12.3. The van der Waals surface area contributed by atoms with Crippen LogP contribution < -0.4 is 10.1 Å². The lowest BCUT2D eigenvalue weighted by Gasteiger charge is -2.14. The molecule has 0 radical (unpaired) electrons. The van der Waals surface area contributed by atoms with Crippen molar-refractivity contribution in [3.8, 4) is 5.75 Å². The number of benzene rings is 1. The second kappa shape index (κ2) is 9.31. The largest absolute Gasteiger partial charge is 0.435 e. The summed E-state index contributed by atoms with van der Waals surface area (Å²) in [7, 11) is 0. The van der Waals surface area contributed by atoms with Crippen molar-refractivity contribution in [2.75, 3.05) is 6.54 Å². The number of hydrogen-bond acceptors (Lipinski definition) is 3. The van der Waals surface area contributed by atoms with E-state index < -0.39 is 6.61 Å². The predicted molar refractivity (Wildman–Crippen MR) is 95.3 cm³/mol. The van der Waals surface area contributed by atoms with Crippen molar-refractivity contribution < 1.29 is 18.3 Å². The zero-order chi connectivity index (χ0) is 19.1. The van der Waals surface area contributed by atoms with E-state index in [-0.39, 0.29) is 17.6 Å². The first-order valence-electron chi connectivity index (χ1n) is 8.65. The van der Waals surface area contributed by atoms with Gasteiger partial charge in [-0.3, -0.25) is 9.48 Å². The summed E-state index contributed by atoms with van der Waals surface area (Å²) < 4.78 is 30.5. The van der Waals surface area contributed by atoms with Crippen LogP contribution in [-0.4, -0.2) is 28.8 Å². The third-order valence-corrected chi connectivity index (χ3v) is 4.02. The monoisotopic (exact) mass is 365 g/mol. The number of ether oxygens (including phenoxy) is 1. The van der Waals surface area contributed by atoms with Gasteiger partial charge in [-0.2, -0.15) is 13.9 Å². The highest BCUT2D eigenvalue weighted by Gasteiger charge is 2.10. The van der Waals surface area contributed by atoms with Crippen LogP contribution in [0.2, 0.25) is 0 Å². The van der Waals surface area contributed by atoms with Gasteiger partial charge in [-0.15, -0.1) is 0 Å². The van der Waals surface area contributed by atoms with Gasteiger partial charge in [-0.05, 0) is 49.9 Å². The van der Waals surface area contributed by atoms with Gasteiger partial charge < -0.3 is 10.1 Å². The fraction of sp³-hybridized carbons (Fsp3) is 0.474. The Morgan fingerprint density at radius 2 is 1.96 bits per heavy atom. The van der Waals surface area contributed by atoms with Crippen molar-refractivity contribution in [2.24, 2.45) is 5.92 Å². The standard InChI is InChI=1S/C19H25F2N3O2/c1-13(12-24-15(3)10-14(2)23-24)11-22-18(25)9-6-16-4-7-17(8-5-16)26-19(20)21/h4-5,7-8,10,13,19H,6,9,11-12H2,1-3H3,(H,22,25). The summed E-state index contributed by atoms with van der Waals surface area (Å²) in [5.74, 6) is 0.354. The second-order valence-corrected chi connectivity index (χ2v) is 6.54. The molecule has 0 aliphatic carbocycles. The molecule has 1 heterocycles. The van der Waals surface area contributed by atoms with E-state index in [9.17, 15) is 13.6 Å². The molecule has 1 N–H and O–H groups in total. The fourth-order valence-electron chi connectivity index (χ4n) is 2.69. The van der Waals surface area contributed by atoms with E-state index >= 15 is 0 Å². The highest BCUT2D eigenvalue weighted by molar-refractivity contribution is 5.76. The summed E-state index contributed by atoms with van der Waals surface area (Å²) in [4.78, 5) is 12.0. The average Bonchev–Trinajstić information content (AvgIpc) is 2.89. The number of hydrogen-bond donors (Lipinski definition) is 1. The number of aryl methyl sites for hydroxylation is 3. The molecule has 5 nitrogen and oxygen atoms in total. The molecule has 1 aromatic carbocycles. The van der Waals surface area contributed by atoms with Gasteiger partial charge >= 0.3 is 6.61 Å². The Morgan fingerprint density at radius 1 is 1.27 bits per heavy atom. The van der Waals surface area contributed by atoms with Gasteiger partial charge in [-0.1, -0.05) is 19.1 Å². The Bertz CT molecular complexity index is 714. The maximum absolute atomic E-state index is 12.1. The summed E-state index contributed by atoms with van der Waals surface area (Å²) in [5.41, 5.74) is 3.00. The molecule has 0 spiro atoms. The maximum atomic E-state index is 12.1. The van der Waals surface area contributed by atoms with Crippen molar-refractivity contribution in [1.82, 2.24) is 15.1 Å². The van der Waals surface area contributed by atoms with E-state index in [1.807, 2.05) is 24.6 Å². The van der Waals surface area contributed by atoms with E-state index in [0.717, 1.165) is 23.5 Å². The van der Waals surface area contributed by atoms with Crippen LogP contribution in [0.5, 0.6) is 5.75 Å². The molecular weight excluding hydrogens is 340 g/mol. The Hall–Kier alpha value is -2.44. The minimum Gasteiger partial charge on any atom is -0.435 e. The summed E-state index contributed by atoms with van der Waals surface area (Å²) in [5, 5.41) is 7.36. The Labute approximate surface area is 152 Å². The average molecular weight is 365 g/mol. The van der Waals surface area contributed by atoms with Gasteiger partial charge in [-0.25, -0.2) is 0 Å². The minimum absolute atomic E-state index is 0.0295. The number of nitrogens with one attached hydrogen (secondary N) is 1. The molecule has 26 heavy (non-hydrogen) atoms. The molecule has 7 heteroatoms.